The summed E-state index contributed by atoms with van der Waals surface area (Å²) in [5.41, 5.74) is 10.3. The second-order valence-electron chi connectivity index (χ2n) is 27.9. The fourth-order valence-corrected chi connectivity index (χ4v) is 17.7. The van der Waals surface area contributed by atoms with Crippen LogP contribution in [0.15, 0.2) is 84.5 Å². The number of morpholine rings is 3. The first kappa shape index (κ1) is 88.0. The number of hydrogen-bond acceptors (Lipinski definition) is 28. The van der Waals surface area contributed by atoms with Crippen molar-refractivity contribution in [2.24, 2.45) is 28.2 Å². The monoisotopic (exact) mass is 1900 g/mol. The lowest BCUT2D eigenvalue weighted by molar-refractivity contribution is -0.192. The van der Waals surface area contributed by atoms with E-state index in [1.165, 1.54) is 16.9 Å². The molecule has 114 heavy (non-hydrogen) atoms. The Morgan fingerprint density at radius 1 is 0.544 bits per heavy atom. The van der Waals surface area contributed by atoms with Gasteiger partial charge in [-0.1, -0.05) is 11.6 Å². The van der Waals surface area contributed by atoms with Crippen molar-refractivity contribution in [2.75, 3.05) is 115 Å². The number of nitrogens with zero attached hydrogens (tertiary/aromatic N) is 20. The standard InChI is InChI=1S/C24H33N7O3S.C14H14BrN5OS.C10H17BN2O2.C10H6BrClN4S.C6HBrCl2N2S.C4H9NO.C2HF3O2/c1-24(2,3)34-23(32)31-7-5-29(6-8-31)15-18-16-35-21-19(17-13-25-28(4)14-17)26-22(27-20(18)21)30-9-11-33-12-10-30;1-19-7-9(6-16-19)11-13-12(10(15)8-22-13)18-14(17-11)20-2-4-21-5-3-20;1-9(2)10(3,4)15-11(14-9)8-6-12-13(5)7-8;1-16-3-5(2-13-16)7-9-8(6(11)4-17-9)15-10(12)14-7;7-2-1-12-4-3(2)10-6(9)11-5(4)8;1-3-6-4-2-5-1;3-2(4,5)1(6)7/h13-14,16H,5-12,15H2,1-4H3;6-8H,2-5H2,1H3;6-7H,1-5H3;2-4H,1H3;1H;5H,1-4H2;(H,6,7). The van der Waals surface area contributed by atoms with Gasteiger partial charge in [0.2, 0.25) is 22.5 Å². The zero-order chi connectivity index (χ0) is 82.0. The van der Waals surface area contributed by atoms with E-state index in [0.717, 1.165) is 178 Å². The number of aliphatic carboxylic acids is 1. The SMILES string of the molecule is C1COCCN1.Clc1nc(Cl)c2scc(Br)c2n1.Cn1cc(-c2nc(Cl)nc3c(Br)csc23)cn1.Cn1cc(-c2nc(N3CCOCC3)nc3c(Br)csc23)cn1.Cn1cc(-c2nc(N3CCOCC3)nc3c(CN4CCN(C(=O)OC(C)(C)C)CC4)csc23)cn1.Cn1cc(B2OC(C)(C)C(C)(C)O2)cn1.O=C(O)C(F)(F)F. The van der Waals surface area contributed by atoms with Crippen LogP contribution in [0.25, 0.3) is 74.6 Å². The number of ether oxygens (including phenoxy) is 4. The topological polar surface area (TPSA) is 309 Å². The Labute approximate surface area is 710 Å². The van der Waals surface area contributed by atoms with Crippen LogP contribution in [0.2, 0.25) is 15.7 Å². The normalized spacial score (nSPS) is 16.4. The van der Waals surface area contributed by atoms with Crippen LogP contribution in [0.1, 0.15) is 54.0 Å². The van der Waals surface area contributed by atoms with Crippen molar-refractivity contribution in [1.29, 1.82) is 0 Å². The number of rotatable bonds is 8. The van der Waals surface area contributed by atoms with Gasteiger partial charge >= 0.3 is 25.4 Å². The number of nitrogens with one attached hydrogen (secondary N) is 1. The van der Waals surface area contributed by atoms with Gasteiger partial charge < -0.3 is 53.4 Å². The Morgan fingerprint density at radius 2 is 0.939 bits per heavy atom. The van der Waals surface area contributed by atoms with E-state index in [9.17, 15) is 18.0 Å². The van der Waals surface area contributed by atoms with Crippen molar-refractivity contribution in [3.63, 3.8) is 0 Å². The molecule has 5 aliphatic rings. The van der Waals surface area contributed by atoms with Gasteiger partial charge in [0, 0.05) is 175 Å². The lowest BCUT2D eigenvalue weighted by Gasteiger charge is -2.35. The molecule has 12 aromatic rings. The highest BCUT2D eigenvalue weighted by atomic mass is 79.9. The number of amides is 1. The fourth-order valence-electron chi connectivity index (χ4n) is 11.4. The van der Waals surface area contributed by atoms with Crippen LogP contribution < -0.4 is 20.6 Å². The molecule has 5 aliphatic heterocycles. The maximum absolute atomic E-state index is 12.4. The maximum atomic E-state index is 12.4. The summed E-state index contributed by atoms with van der Waals surface area (Å²) in [5.74, 6) is -1.25. The van der Waals surface area contributed by atoms with Crippen molar-refractivity contribution in [3.05, 3.63) is 106 Å². The highest BCUT2D eigenvalue weighted by Crippen LogP contribution is 2.41. The summed E-state index contributed by atoms with van der Waals surface area (Å²) in [4.78, 5) is 65.8. The Bertz CT molecular complexity index is 5240. The molecule has 30 nitrogen and oxygen atoms in total. The summed E-state index contributed by atoms with van der Waals surface area (Å²) < 4.78 is 79.0. The van der Waals surface area contributed by atoms with Gasteiger partial charge in [0.1, 0.15) is 22.2 Å². The van der Waals surface area contributed by atoms with Crippen LogP contribution in [-0.2, 0) is 67.8 Å². The van der Waals surface area contributed by atoms with Gasteiger partial charge in [0.05, 0.1) is 124 Å². The number of carbonyl (C=O) groups excluding carboxylic acids is 1. The minimum Gasteiger partial charge on any atom is -0.475 e. The zero-order valence-electron chi connectivity index (χ0n) is 63.7. The Morgan fingerprint density at radius 3 is 1.35 bits per heavy atom. The average Bonchev–Trinajstić information content (AvgIpc) is 1.59. The van der Waals surface area contributed by atoms with E-state index in [1.807, 2.05) is 125 Å². The van der Waals surface area contributed by atoms with Crippen molar-refractivity contribution >= 4 is 205 Å². The van der Waals surface area contributed by atoms with Gasteiger partial charge in [0.25, 0.3) is 0 Å². The maximum Gasteiger partial charge on any atom is 0.498 e. The zero-order valence-corrected chi connectivity index (χ0v) is 74.0. The number of thiophene rings is 4. The van der Waals surface area contributed by atoms with Crippen molar-refractivity contribution in [3.8, 4) is 33.8 Å². The summed E-state index contributed by atoms with van der Waals surface area (Å²) in [5, 5.41) is 36.1. The number of carbonyl (C=O) groups is 2. The number of fused-ring (bicyclic) bond motifs is 4. The van der Waals surface area contributed by atoms with E-state index < -0.39 is 17.7 Å². The molecule has 5 saturated heterocycles. The Hall–Kier alpha value is -6.78. The van der Waals surface area contributed by atoms with Gasteiger partial charge in [-0.05, 0) is 125 Å². The summed E-state index contributed by atoms with van der Waals surface area (Å²) in [6.07, 6.45) is 9.75. The molecule has 0 bridgehead atoms. The molecule has 0 radical (unpaired) electrons. The predicted molar refractivity (Wildman–Crippen MR) is 450 cm³/mol. The third-order valence-corrected chi connectivity index (χ3v) is 25.2. The third-order valence-electron chi connectivity index (χ3n) is 17.8. The second kappa shape index (κ2) is 38.7. The number of anilines is 2. The number of piperazine rings is 1. The van der Waals surface area contributed by atoms with Gasteiger partial charge in [-0.25, -0.2) is 49.5 Å². The van der Waals surface area contributed by atoms with Crippen LogP contribution >= 0.6 is 128 Å². The Kier molecular flexibility index (Phi) is 29.9. The first-order chi connectivity index (χ1) is 54.1. The molecule has 0 spiro atoms. The minimum atomic E-state index is -5.08. The van der Waals surface area contributed by atoms with Crippen LogP contribution in [0, 0.1) is 0 Å². The summed E-state index contributed by atoms with van der Waals surface area (Å²) in [6.45, 7) is 27.4. The average molecular weight is 1900 g/mol. The van der Waals surface area contributed by atoms with Gasteiger partial charge in [-0.3, -0.25) is 23.6 Å². The molecule has 2 N–H and O–H groups in total. The van der Waals surface area contributed by atoms with Crippen LogP contribution in [0.3, 0.4) is 0 Å². The number of aryl methyl sites for hydroxylation is 4. The van der Waals surface area contributed by atoms with E-state index in [0.29, 0.717) is 44.7 Å². The van der Waals surface area contributed by atoms with E-state index in [4.69, 9.17) is 92.9 Å². The van der Waals surface area contributed by atoms with Gasteiger partial charge in [-0.2, -0.15) is 33.6 Å². The molecule has 0 unspecified atom stereocenters. The molecular formula is C70H81BBr3Cl3F3N21O9S4. The molecule has 0 atom stereocenters. The first-order valence-electron chi connectivity index (χ1n) is 35.4. The third kappa shape index (κ3) is 22.9. The smallest absolute Gasteiger partial charge is 0.475 e. The fraction of sp³-hybridized carbons (Fsp3) is 0.457. The highest BCUT2D eigenvalue weighted by molar-refractivity contribution is 9.11. The summed E-state index contributed by atoms with van der Waals surface area (Å²) in [6, 6.07) is 0. The summed E-state index contributed by atoms with van der Waals surface area (Å²) >= 11 is 34.2. The molecule has 5 fully saturated rings. The number of aromatic nitrogens is 16. The second-order valence-corrected chi connectivity index (χ2v) is 35.1. The van der Waals surface area contributed by atoms with Crippen molar-refractivity contribution in [2.45, 2.75) is 78.0 Å². The van der Waals surface area contributed by atoms with E-state index in [-0.39, 0.29) is 35.0 Å². The molecule has 17 rings (SSSR count). The first-order valence-corrected chi connectivity index (χ1v) is 42.5. The van der Waals surface area contributed by atoms with Crippen LogP contribution in [0.5, 0.6) is 0 Å². The largest absolute Gasteiger partial charge is 0.498 e. The van der Waals surface area contributed by atoms with Crippen molar-refractivity contribution in [1.82, 2.24) is 94.1 Å². The molecule has 1 amide bonds. The lowest BCUT2D eigenvalue weighted by atomic mass is 9.82. The summed E-state index contributed by atoms with van der Waals surface area (Å²) in [7, 11) is 7.28. The molecule has 610 valence electrons. The molecule has 44 heteroatoms. The molecule has 17 heterocycles. The van der Waals surface area contributed by atoms with E-state index in [1.54, 1.807) is 70.0 Å². The predicted octanol–water partition coefficient (Wildman–Crippen LogP) is 13.9. The lowest BCUT2D eigenvalue weighted by Crippen LogP contribution is -2.49. The molecular weight excluding hydrogens is 1820 g/mol. The number of carboxylic acids is 1. The van der Waals surface area contributed by atoms with Gasteiger partial charge in [0.15, 0.2) is 5.15 Å². The van der Waals surface area contributed by atoms with E-state index in [2.05, 4.69) is 119 Å². The molecule has 0 aromatic carbocycles. The molecule has 0 saturated carbocycles. The van der Waals surface area contributed by atoms with Crippen LogP contribution in [0.4, 0.5) is 29.9 Å². The van der Waals surface area contributed by atoms with Crippen molar-refractivity contribution < 1.29 is 56.1 Å². The number of halogens is 9. The number of carboxylic acid groups (broad SMARTS) is 1. The number of alkyl halides is 3. The number of hydrogen-bond donors (Lipinski definition) is 2. The minimum absolute atomic E-state index is 0.173. The van der Waals surface area contributed by atoms with Gasteiger partial charge in [-0.15, -0.1) is 45.3 Å². The molecule has 12 aromatic heterocycles. The van der Waals surface area contributed by atoms with E-state index >= 15 is 0 Å². The van der Waals surface area contributed by atoms with Crippen LogP contribution in [-0.4, -0.2) is 241 Å². The Balaban J connectivity index is 0.000000141. The quantitative estimate of drug-likeness (QED) is 0.0811. The molecule has 0 aliphatic carbocycles. The highest BCUT2D eigenvalue weighted by Gasteiger charge is 2.52.